The molecule has 0 fully saturated rings. The zero-order valence-corrected chi connectivity index (χ0v) is 22.0. The lowest BCUT2D eigenvalue weighted by atomic mass is 9.84. The molecule has 10 heteroatoms. The third-order valence-corrected chi connectivity index (χ3v) is 6.05. The van der Waals surface area contributed by atoms with Crippen molar-refractivity contribution >= 4 is 28.3 Å². The molecule has 1 N–H and O–H groups in total. The Morgan fingerprint density at radius 2 is 1.69 bits per heavy atom. The van der Waals surface area contributed by atoms with E-state index in [0.29, 0.717) is 30.1 Å². The fourth-order valence-corrected chi connectivity index (χ4v) is 4.68. The third-order valence-electron chi connectivity index (χ3n) is 5.16. The zero-order chi connectivity index (χ0) is 26.4. The molecule has 6 nitrogen and oxygen atoms in total. The molecule has 0 aliphatic carbocycles. The zero-order valence-electron chi connectivity index (χ0n) is 21.2. The number of nitrogens with one attached hydrogen (secondary N) is 1. The highest BCUT2D eigenvalue weighted by Gasteiger charge is 2.30. The van der Waals surface area contributed by atoms with Crippen LogP contribution in [-0.4, -0.2) is 40.0 Å². The number of hydrogen-bond donors (Lipinski definition) is 1. The first kappa shape index (κ1) is 28.7. The van der Waals surface area contributed by atoms with Gasteiger partial charge < -0.3 is 10.2 Å². The first-order valence-corrected chi connectivity index (χ1v) is 12.5. The predicted octanol–water partition coefficient (Wildman–Crippen LogP) is 6.50. The smallest absolute Gasteiger partial charge is 0.342 e. The fourth-order valence-electron chi connectivity index (χ4n) is 3.91. The average Bonchev–Trinajstić information content (AvgIpc) is 3.17. The molecule has 2 rings (SSSR count). The summed E-state index contributed by atoms with van der Waals surface area (Å²) in [5.74, 6) is 0.263. The van der Waals surface area contributed by atoms with Crippen LogP contribution in [0.4, 0.5) is 18.3 Å². The Kier molecular flexibility index (Phi) is 9.83. The van der Waals surface area contributed by atoms with Crippen molar-refractivity contribution in [2.24, 2.45) is 17.3 Å². The van der Waals surface area contributed by atoms with Gasteiger partial charge in [-0.25, -0.2) is 0 Å². The van der Waals surface area contributed by atoms with E-state index >= 15 is 0 Å². The van der Waals surface area contributed by atoms with Crippen molar-refractivity contribution in [3.05, 3.63) is 29.8 Å². The van der Waals surface area contributed by atoms with Crippen molar-refractivity contribution in [2.45, 2.75) is 67.0 Å². The molecule has 1 atom stereocenters. The second-order valence-corrected chi connectivity index (χ2v) is 11.6. The molecule has 0 bridgehead atoms. The topological polar surface area (TPSA) is 75.2 Å². The van der Waals surface area contributed by atoms with Gasteiger partial charge in [0.25, 0.3) is 0 Å². The molecular weight excluding hydrogens is 477 g/mol. The summed E-state index contributed by atoms with van der Waals surface area (Å²) in [5.41, 5.74) is -0.120. The standard InChI is InChI=1S/C25H35F3N4O2S/c1-16(2)15-32(21(34)13-17(3)14-24(4,5)6)12-11-20(33)29-23-31-30-22(35-23)18-7-9-19(10-8-18)25(26,27)28/h7-10,16-17H,11-15H2,1-6H3,(H,29,31,33). The lowest BCUT2D eigenvalue weighted by molar-refractivity contribution is -0.137. The minimum Gasteiger partial charge on any atom is -0.342 e. The summed E-state index contributed by atoms with van der Waals surface area (Å²) in [6.07, 6.45) is -2.92. The van der Waals surface area contributed by atoms with Crippen LogP contribution in [0.25, 0.3) is 10.6 Å². The molecule has 2 amide bonds. The van der Waals surface area contributed by atoms with Crippen molar-refractivity contribution in [3.63, 3.8) is 0 Å². The van der Waals surface area contributed by atoms with E-state index in [4.69, 9.17) is 0 Å². The van der Waals surface area contributed by atoms with Crippen molar-refractivity contribution in [1.82, 2.24) is 15.1 Å². The van der Waals surface area contributed by atoms with E-state index in [0.717, 1.165) is 29.9 Å². The second kappa shape index (κ2) is 12.0. The molecule has 0 radical (unpaired) electrons. The van der Waals surface area contributed by atoms with Gasteiger partial charge in [0.15, 0.2) is 0 Å². The lowest BCUT2D eigenvalue weighted by Crippen LogP contribution is -2.37. The summed E-state index contributed by atoms with van der Waals surface area (Å²) in [5, 5.41) is 11.2. The van der Waals surface area contributed by atoms with Crippen molar-refractivity contribution in [1.29, 1.82) is 0 Å². The molecule has 0 spiro atoms. The number of hydrogen-bond acceptors (Lipinski definition) is 5. The van der Waals surface area contributed by atoms with E-state index in [1.54, 1.807) is 4.90 Å². The van der Waals surface area contributed by atoms with E-state index in [1.807, 2.05) is 13.8 Å². The van der Waals surface area contributed by atoms with Gasteiger partial charge in [0.05, 0.1) is 5.56 Å². The predicted molar refractivity (Wildman–Crippen MR) is 133 cm³/mol. The Labute approximate surface area is 209 Å². The molecule has 35 heavy (non-hydrogen) atoms. The van der Waals surface area contributed by atoms with Gasteiger partial charge in [-0.05, 0) is 35.8 Å². The van der Waals surface area contributed by atoms with Gasteiger partial charge in [0.1, 0.15) is 5.01 Å². The lowest BCUT2D eigenvalue weighted by Gasteiger charge is -2.28. The molecular formula is C25H35F3N4O2S. The molecule has 0 aliphatic rings. The average molecular weight is 513 g/mol. The number of benzene rings is 1. The van der Waals surface area contributed by atoms with Crippen LogP contribution in [0.2, 0.25) is 0 Å². The maximum atomic E-state index is 12.9. The highest BCUT2D eigenvalue weighted by Crippen LogP contribution is 2.32. The summed E-state index contributed by atoms with van der Waals surface area (Å²) in [7, 11) is 0. The molecule has 194 valence electrons. The summed E-state index contributed by atoms with van der Waals surface area (Å²) >= 11 is 1.08. The number of aromatic nitrogens is 2. The largest absolute Gasteiger partial charge is 0.416 e. The van der Waals surface area contributed by atoms with Gasteiger partial charge in [-0.3, -0.25) is 9.59 Å². The van der Waals surface area contributed by atoms with E-state index in [-0.39, 0.29) is 40.6 Å². The van der Waals surface area contributed by atoms with Crippen LogP contribution in [-0.2, 0) is 15.8 Å². The highest BCUT2D eigenvalue weighted by molar-refractivity contribution is 7.18. The Balaban J connectivity index is 1.94. The number of rotatable bonds is 10. The molecule has 2 aromatic rings. The number of amides is 2. The number of anilines is 1. The minimum atomic E-state index is -4.41. The van der Waals surface area contributed by atoms with Gasteiger partial charge >= 0.3 is 6.18 Å². The summed E-state index contributed by atoms with van der Waals surface area (Å²) < 4.78 is 38.2. The SMILES string of the molecule is CC(C)CN(CCC(=O)Nc1nnc(-c2ccc(C(F)(F)F)cc2)s1)C(=O)CC(C)CC(C)(C)C. The summed E-state index contributed by atoms with van der Waals surface area (Å²) in [6.45, 7) is 13.5. The van der Waals surface area contributed by atoms with Crippen molar-refractivity contribution < 1.29 is 22.8 Å². The third kappa shape index (κ3) is 9.95. The van der Waals surface area contributed by atoms with Gasteiger partial charge in [-0.15, -0.1) is 10.2 Å². The maximum Gasteiger partial charge on any atom is 0.416 e. The minimum absolute atomic E-state index is 0.0451. The molecule has 1 aromatic heterocycles. The number of carbonyl (C=O) groups excluding carboxylic acids is 2. The number of carbonyl (C=O) groups is 2. The highest BCUT2D eigenvalue weighted by atomic mass is 32.1. The number of alkyl halides is 3. The summed E-state index contributed by atoms with van der Waals surface area (Å²) in [4.78, 5) is 27.1. The normalized spacial score (nSPS) is 13.1. The first-order chi connectivity index (χ1) is 16.1. The quantitative estimate of drug-likeness (QED) is 0.394. The Bertz CT molecular complexity index is 982. The molecule has 0 aliphatic heterocycles. The van der Waals surface area contributed by atoms with Crippen LogP contribution < -0.4 is 5.32 Å². The van der Waals surface area contributed by atoms with E-state index in [1.165, 1.54) is 12.1 Å². The van der Waals surface area contributed by atoms with Crippen LogP contribution >= 0.6 is 11.3 Å². The van der Waals surface area contributed by atoms with E-state index < -0.39 is 11.7 Å². The second-order valence-electron chi connectivity index (χ2n) is 10.6. The number of halogens is 3. The van der Waals surface area contributed by atoms with E-state index in [2.05, 4.69) is 43.2 Å². The van der Waals surface area contributed by atoms with Crippen molar-refractivity contribution in [2.75, 3.05) is 18.4 Å². The monoisotopic (exact) mass is 512 g/mol. The Morgan fingerprint density at radius 3 is 2.23 bits per heavy atom. The van der Waals surface area contributed by atoms with Crippen LogP contribution in [0, 0.1) is 17.3 Å². The number of nitrogens with zero attached hydrogens (tertiary/aromatic N) is 3. The Hall–Kier alpha value is -2.49. The van der Waals surface area contributed by atoms with Crippen molar-refractivity contribution in [3.8, 4) is 10.6 Å². The first-order valence-electron chi connectivity index (χ1n) is 11.7. The summed E-state index contributed by atoms with van der Waals surface area (Å²) in [6, 6.07) is 4.62. The van der Waals surface area contributed by atoms with Crippen LogP contribution in [0.15, 0.2) is 24.3 Å². The fraction of sp³-hybridized carbons (Fsp3) is 0.600. The van der Waals surface area contributed by atoms with Crippen LogP contribution in [0.5, 0.6) is 0 Å². The molecule has 1 heterocycles. The van der Waals surface area contributed by atoms with Crippen LogP contribution in [0.3, 0.4) is 0 Å². The van der Waals surface area contributed by atoms with E-state index in [9.17, 15) is 22.8 Å². The molecule has 1 aromatic carbocycles. The molecule has 0 saturated heterocycles. The molecule has 0 saturated carbocycles. The van der Waals surface area contributed by atoms with Gasteiger partial charge in [0.2, 0.25) is 16.9 Å². The maximum absolute atomic E-state index is 12.9. The Morgan fingerprint density at radius 1 is 1.06 bits per heavy atom. The molecule has 1 unspecified atom stereocenters. The van der Waals surface area contributed by atoms with Crippen LogP contribution in [0.1, 0.15) is 66.4 Å². The van der Waals surface area contributed by atoms with Gasteiger partial charge in [-0.2, -0.15) is 13.2 Å². The van der Waals surface area contributed by atoms with Gasteiger partial charge in [0, 0.05) is 31.5 Å². The van der Waals surface area contributed by atoms with Gasteiger partial charge in [-0.1, -0.05) is 65.0 Å².